The van der Waals surface area contributed by atoms with Crippen LogP contribution in [0.2, 0.25) is 0 Å². The summed E-state index contributed by atoms with van der Waals surface area (Å²) in [6.07, 6.45) is 0. The zero-order chi connectivity index (χ0) is 6.00. The first-order valence-corrected chi connectivity index (χ1v) is 2.71. The van der Waals surface area contributed by atoms with Crippen LogP contribution in [0.15, 0.2) is 0 Å². The standard InChI is InChI=1S/2C2H6.C2H5.2CH3.V.W.Y/c3*1-2;;;;;/h2*1-2H3;1H2,2H3;2*1H3;;;/q;;3*-1;;;. The Balaban J connectivity index is -0.00000000167. The van der Waals surface area contributed by atoms with E-state index in [1.54, 1.807) is 6.92 Å². The van der Waals surface area contributed by atoms with Gasteiger partial charge in [0.1, 0.15) is 0 Å². The first-order chi connectivity index (χ1) is 3.00. The quantitative estimate of drug-likeness (QED) is 0.501. The van der Waals surface area contributed by atoms with Gasteiger partial charge in [0.05, 0.1) is 0 Å². The molecule has 0 aromatic carbocycles. The minimum Gasteiger partial charge on any atom is -0.358 e. The maximum atomic E-state index is 3.25. The van der Waals surface area contributed by atoms with Crippen LogP contribution in [0, 0.1) is 21.8 Å². The van der Waals surface area contributed by atoms with Gasteiger partial charge in [-0.2, -0.15) is 6.92 Å². The van der Waals surface area contributed by atoms with Gasteiger partial charge in [-0.1, -0.05) is 27.7 Å². The second-order valence-corrected chi connectivity index (χ2v) is 0. The predicted octanol–water partition coefficient (Wildman–Crippen LogP) is 3.79. The Morgan fingerprint density at radius 1 is 0.727 bits per heavy atom. The molecule has 0 atom stereocenters. The van der Waals surface area contributed by atoms with E-state index >= 15 is 0 Å². The minimum absolute atomic E-state index is 0. The van der Waals surface area contributed by atoms with E-state index < -0.39 is 0 Å². The fourth-order valence-electron chi connectivity index (χ4n) is 0. The van der Waals surface area contributed by atoms with Crippen LogP contribution < -0.4 is 0 Å². The van der Waals surface area contributed by atoms with E-state index in [1.165, 1.54) is 0 Å². The maximum Gasteiger partial charge on any atom is 0 e. The van der Waals surface area contributed by atoms with Crippen LogP contribution >= 0.6 is 0 Å². The molecule has 0 saturated heterocycles. The Hall–Kier alpha value is 2.38. The summed E-state index contributed by atoms with van der Waals surface area (Å²) in [7, 11) is 0. The van der Waals surface area contributed by atoms with E-state index in [-0.39, 0.29) is 87.2 Å². The molecule has 0 bridgehead atoms. The monoisotopic (exact) mass is 443 g/mol. The Morgan fingerprint density at radius 3 is 0.727 bits per heavy atom. The molecule has 0 N–H and O–H groups in total. The molecular formula is C8H23VWY-3. The topological polar surface area (TPSA) is 0 Å². The van der Waals surface area contributed by atoms with Crippen LogP contribution in [0.4, 0.5) is 0 Å². The molecule has 0 aliphatic heterocycles. The summed E-state index contributed by atoms with van der Waals surface area (Å²) in [5.74, 6) is 0. The molecule has 0 unspecified atom stereocenters. The van der Waals surface area contributed by atoms with E-state index in [2.05, 4.69) is 6.92 Å². The molecule has 72 valence electrons. The van der Waals surface area contributed by atoms with Crippen molar-refractivity contribution in [1.29, 1.82) is 0 Å². The SMILES string of the molecule is CC.CC.[CH2-]C.[CH3-].[CH3-].[V].[W].[Y]. The Morgan fingerprint density at radius 2 is 0.727 bits per heavy atom. The molecule has 0 aliphatic carbocycles. The normalized spacial score (nSPS) is 1.64. The van der Waals surface area contributed by atoms with Crippen molar-refractivity contribution in [2.45, 2.75) is 34.6 Å². The molecule has 2 radical (unpaired) electrons. The maximum absolute atomic E-state index is 3.25. The summed E-state index contributed by atoms with van der Waals surface area (Å²) in [6.45, 7) is 13.0. The van der Waals surface area contributed by atoms with Gasteiger partial charge in [0.2, 0.25) is 0 Å². The Bertz CT molecular complexity index is 14.1. The van der Waals surface area contributed by atoms with Crippen molar-refractivity contribution in [2.75, 3.05) is 0 Å². The van der Waals surface area contributed by atoms with Crippen molar-refractivity contribution >= 4 is 0 Å². The van der Waals surface area contributed by atoms with E-state index in [9.17, 15) is 0 Å². The molecule has 0 heterocycles. The third kappa shape index (κ3) is 236. The summed E-state index contributed by atoms with van der Waals surface area (Å²) in [5.41, 5.74) is 0. The van der Waals surface area contributed by atoms with Gasteiger partial charge in [-0.05, 0) is 0 Å². The largest absolute Gasteiger partial charge is 0.358 e. The first-order valence-electron chi connectivity index (χ1n) is 2.71. The second-order valence-electron chi connectivity index (χ2n) is 0. The molecule has 0 aromatic heterocycles. The van der Waals surface area contributed by atoms with E-state index in [1.807, 2.05) is 27.7 Å². The van der Waals surface area contributed by atoms with Crippen molar-refractivity contribution in [2.24, 2.45) is 0 Å². The third-order valence-electron chi connectivity index (χ3n) is 0. The molecule has 0 saturated carbocycles. The van der Waals surface area contributed by atoms with E-state index in [0.717, 1.165) is 0 Å². The number of rotatable bonds is 0. The van der Waals surface area contributed by atoms with Crippen LogP contribution in [0.3, 0.4) is 0 Å². The minimum atomic E-state index is 0. The average molecular weight is 443 g/mol. The summed E-state index contributed by atoms with van der Waals surface area (Å²) in [5, 5.41) is 0. The first kappa shape index (κ1) is 70.9. The van der Waals surface area contributed by atoms with Gasteiger partial charge in [0, 0.05) is 72.3 Å². The van der Waals surface area contributed by atoms with Crippen molar-refractivity contribution in [3.63, 3.8) is 0 Å². The predicted molar refractivity (Wildman–Crippen MR) is 46.6 cm³/mol. The van der Waals surface area contributed by atoms with Crippen LogP contribution in [0.5, 0.6) is 0 Å². The van der Waals surface area contributed by atoms with Crippen LogP contribution in [0.25, 0.3) is 0 Å². The van der Waals surface area contributed by atoms with Gasteiger partial charge in [-0.25, -0.2) is 0 Å². The number of hydrogen-bond donors (Lipinski definition) is 0. The molecule has 0 rings (SSSR count). The zero-order valence-electron chi connectivity index (χ0n) is 9.14. The van der Waals surface area contributed by atoms with Gasteiger partial charge in [0.25, 0.3) is 0 Å². The fourth-order valence-corrected chi connectivity index (χ4v) is 0. The van der Waals surface area contributed by atoms with Crippen LogP contribution in [0.1, 0.15) is 34.6 Å². The molecule has 0 nitrogen and oxygen atoms in total. The Labute approximate surface area is 127 Å². The summed E-state index contributed by atoms with van der Waals surface area (Å²) < 4.78 is 0. The van der Waals surface area contributed by atoms with Crippen molar-refractivity contribution < 1.29 is 72.3 Å². The molecule has 0 amide bonds. The summed E-state index contributed by atoms with van der Waals surface area (Å²) in [4.78, 5) is 0. The third-order valence-corrected chi connectivity index (χ3v) is 0. The molecule has 0 spiro atoms. The molecular weight excluding hydrogens is 420 g/mol. The van der Waals surface area contributed by atoms with E-state index in [4.69, 9.17) is 0 Å². The molecule has 0 aromatic rings. The summed E-state index contributed by atoms with van der Waals surface area (Å²) >= 11 is 0. The van der Waals surface area contributed by atoms with Crippen LogP contribution in [-0.4, -0.2) is 0 Å². The zero-order valence-corrected chi connectivity index (χ0v) is 16.3. The fraction of sp³-hybridized carbons (Fsp3) is 0.625. The second kappa shape index (κ2) is 284. The van der Waals surface area contributed by atoms with Crippen LogP contribution in [-0.2, 0) is 72.3 Å². The van der Waals surface area contributed by atoms with Crippen molar-refractivity contribution in [1.82, 2.24) is 0 Å². The summed E-state index contributed by atoms with van der Waals surface area (Å²) in [6, 6.07) is 0. The average Bonchev–Trinajstić information content (AvgIpc) is 1.81. The van der Waals surface area contributed by atoms with Crippen molar-refractivity contribution in [3.8, 4) is 0 Å². The van der Waals surface area contributed by atoms with Crippen molar-refractivity contribution in [3.05, 3.63) is 21.8 Å². The molecule has 3 heteroatoms. The van der Waals surface area contributed by atoms with Gasteiger partial charge >= 0.3 is 0 Å². The smallest absolute Gasteiger partial charge is 0 e. The molecule has 0 fully saturated rings. The van der Waals surface area contributed by atoms with Gasteiger partial charge in [0.15, 0.2) is 0 Å². The molecule has 11 heavy (non-hydrogen) atoms. The van der Waals surface area contributed by atoms with Gasteiger partial charge in [-0.3, -0.25) is 0 Å². The van der Waals surface area contributed by atoms with E-state index in [0.29, 0.717) is 0 Å². The Kier molecular flexibility index (Phi) is 1830. The molecule has 0 aliphatic rings. The van der Waals surface area contributed by atoms with Gasteiger partial charge < -0.3 is 21.8 Å². The number of hydrogen-bond acceptors (Lipinski definition) is 0. The van der Waals surface area contributed by atoms with Gasteiger partial charge in [-0.15, -0.1) is 0 Å².